The van der Waals surface area contributed by atoms with Gasteiger partial charge in [0.05, 0.1) is 0 Å². The van der Waals surface area contributed by atoms with Gasteiger partial charge in [-0.1, -0.05) is 217 Å². The summed E-state index contributed by atoms with van der Waals surface area (Å²) in [4.78, 5) is 0. The fourth-order valence-corrected chi connectivity index (χ4v) is 9.45. The molecule has 0 bridgehead atoms. The van der Waals surface area contributed by atoms with Gasteiger partial charge in [-0.3, -0.25) is 0 Å². The lowest BCUT2D eigenvalue weighted by molar-refractivity contribution is 0.590. The van der Waals surface area contributed by atoms with Crippen LogP contribution < -0.4 is 0 Å². The zero-order chi connectivity index (χ0) is 41.2. The van der Waals surface area contributed by atoms with Crippen molar-refractivity contribution in [2.45, 2.75) is 52.4 Å². The van der Waals surface area contributed by atoms with E-state index in [4.69, 9.17) is 0 Å². The molecule has 0 heterocycles. The monoisotopic (exact) mass is 770 g/mol. The molecule has 60 heavy (non-hydrogen) atoms. The predicted molar refractivity (Wildman–Crippen MR) is 261 cm³/mol. The van der Waals surface area contributed by atoms with E-state index in [1.807, 2.05) is 0 Å². The highest BCUT2D eigenvalue weighted by Gasteiger charge is 2.24. The first-order chi connectivity index (χ1) is 29.0. The summed E-state index contributed by atoms with van der Waals surface area (Å²) >= 11 is 0. The normalized spacial score (nSPS) is 12.2. The van der Waals surface area contributed by atoms with Crippen LogP contribution >= 0.6 is 0 Å². The molecule has 0 N–H and O–H groups in total. The Labute approximate surface area is 354 Å². The minimum absolute atomic E-state index is 0.00420. The minimum atomic E-state index is 0.00420. The van der Waals surface area contributed by atoms with Crippen LogP contribution in [0.2, 0.25) is 0 Å². The fraction of sp³-hybridized carbons (Fsp3) is 0.133. The third-order valence-electron chi connectivity index (χ3n) is 12.5. The zero-order valence-corrected chi connectivity index (χ0v) is 35.5. The molecular formula is C60H50. The summed E-state index contributed by atoms with van der Waals surface area (Å²) < 4.78 is 0. The summed E-state index contributed by atoms with van der Waals surface area (Å²) in [5.41, 5.74) is 15.1. The van der Waals surface area contributed by atoms with Gasteiger partial charge in [-0.15, -0.1) is 0 Å². The molecular weight excluding hydrogens is 721 g/mol. The van der Waals surface area contributed by atoms with Gasteiger partial charge in [0.15, 0.2) is 0 Å². The molecule has 290 valence electrons. The Morgan fingerprint density at radius 1 is 0.217 bits per heavy atom. The topological polar surface area (TPSA) is 0 Å². The highest BCUT2D eigenvalue weighted by molar-refractivity contribution is 6.29. The van der Waals surface area contributed by atoms with Gasteiger partial charge in [0.1, 0.15) is 0 Å². The van der Waals surface area contributed by atoms with Crippen LogP contribution in [0.3, 0.4) is 0 Å². The first-order valence-corrected chi connectivity index (χ1v) is 21.3. The molecule has 0 aliphatic heterocycles. The van der Waals surface area contributed by atoms with Gasteiger partial charge in [0, 0.05) is 0 Å². The predicted octanol–water partition coefficient (Wildman–Crippen LogP) is 17.2. The molecule has 0 aromatic heterocycles. The van der Waals surface area contributed by atoms with Gasteiger partial charge in [0.2, 0.25) is 0 Å². The van der Waals surface area contributed by atoms with Crippen molar-refractivity contribution in [1.82, 2.24) is 0 Å². The molecule has 0 heteroatoms. The van der Waals surface area contributed by atoms with Gasteiger partial charge in [-0.05, 0) is 139 Å². The first-order valence-electron chi connectivity index (χ1n) is 21.3. The summed E-state index contributed by atoms with van der Waals surface area (Å²) in [6.07, 6.45) is 0. The van der Waals surface area contributed by atoms with Gasteiger partial charge >= 0.3 is 0 Å². The number of hydrogen-bond acceptors (Lipinski definition) is 0. The minimum Gasteiger partial charge on any atom is -0.0622 e. The van der Waals surface area contributed by atoms with Crippen molar-refractivity contribution in [3.8, 4) is 55.6 Å². The first kappa shape index (κ1) is 37.5. The van der Waals surface area contributed by atoms with Crippen LogP contribution in [-0.2, 0) is 10.8 Å². The molecule has 0 saturated carbocycles. The second-order valence-electron chi connectivity index (χ2n) is 18.5. The largest absolute Gasteiger partial charge is 0.0622 e. The van der Waals surface area contributed by atoms with E-state index >= 15 is 0 Å². The van der Waals surface area contributed by atoms with Gasteiger partial charge in [-0.25, -0.2) is 0 Å². The maximum atomic E-state index is 2.55. The maximum Gasteiger partial charge on any atom is -0.00201 e. The summed E-state index contributed by atoms with van der Waals surface area (Å²) in [6.45, 7) is 13.9. The van der Waals surface area contributed by atoms with Gasteiger partial charge in [0.25, 0.3) is 0 Å². The van der Waals surface area contributed by atoms with Crippen molar-refractivity contribution in [3.05, 3.63) is 205 Å². The third kappa shape index (κ3) is 6.48. The molecule has 0 nitrogen and oxygen atoms in total. The highest BCUT2D eigenvalue weighted by atomic mass is 14.3. The van der Waals surface area contributed by atoms with Gasteiger partial charge < -0.3 is 0 Å². The summed E-state index contributed by atoms with van der Waals surface area (Å²) in [6, 6.07) is 72.7. The standard InChI is InChI=1S/C60H50/c1-59(2,3)45-28-18-26-43(35-45)55-49-32-15-16-33-50(49)56(44-27-19-29-46(36-44)60(4,5)6)54-38-52-51(37-53(54)55)47-30-13-14-31-48(47)58(57(52)40-22-11-8-12-23-40)42-25-17-24-41(34-42)39-20-9-7-10-21-39/h7-38H,1-6H3. The van der Waals surface area contributed by atoms with Crippen LogP contribution in [0.15, 0.2) is 194 Å². The number of fused-ring (bicyclic) bond motifs is 5. The molecule has 10 aromatic rings. The lowest BCUT2D eigenvalue weighted by Crippen LogP contribution is -2.11. The second kappa shape index (κ2) is 14.5. The second-order valence-corrected chi connectivity index (χ2v) is 18.5. The molecule has 0 saturated heterocycles. The van der Waals surface area contributed by atoms with Crippen LogP contribution in [0.1, 0.15) is 52.7 Å². The number of hydrogen-bond donors (Lipinski definition) is 0. The van der Waals surface area contributed by atoms with E-state index in [2.05, 4.69) is 236 Å². The Balaban J connectivity index is 1.42. The van der Waals surface area contributed by atoms with E-state index < -0.39 is 0 Å². The van der Waals surface area contributed by atoms with Crippen LogP contribution in [0.4, 0.5) is 0 Å². The Hall–Kier alpha value is -6.76. The van der Waals surface area contributed by atoms with E-state index in [1.165, 1.54) is 110 Å². The van der Waals surface area contributed by atoms with Crippen molar-refractivity contribution in [2.75, 3.05) is 0 Å². The Kier molecular flexibility index (Phi) is 9.07. The molecule has 0 radical (unpaired) electrons. The van der Waals surface area contributed by atoms with E-state index in [1.54, 1.807) is 0 Å². The summed E-state index contributed by atoms with van der Waals surface area (Å²) in [7, 11) is 0. The Morgan fingerprint density at radius 2 is 0.567 bits per heavy atom. The average molecular weight is 771 g/mol. The smallest absolute Gasteiger partial charge is 0.00201 e. The molecule has 10 aromatic carbocycles. The number of rotatable bonds is 5. The SMILES string of the molecule is CC(C)(C)c1cccc(-c2c3ccccc3c(-c3cccc(C(C)(C)C)c3)c3cc4c(cc23)c(-c2ccccc2)c(-c2cccc(-c3ccccc3)c2)c2ccccc24)c1. The Bertz CT molecular complexity index is 3240. The van der Waals surface area contributed by atoms with Crippen molar-refractivity contribution in [1.29, 1.82) is 0 Å². The van der Waals surface area contributed by atoms with E-state index in [9.17, 15) is 0 Å². The van der Waals surface area contributed by atoms with Crippen molar-refractivity contribution in [2.24, 2.45) is 0 Å². The quantitative estimate of drug-likeness (QED) is 0.121. The van der Waals surface area contributed by atoms with Crippen molar-refractivity contribution < 1.29 is 0 Å². The van der Waals surface area contributed by atoms with Crippen LogP contribution in [0, 0.1) is 0 Å². The highest BCUT2D eigenvalue weighted by Crippen LogP contribution is 2.51. The molecule has 0 unspecified atom stereocenters. The van der Waals surface area contributed by atoms with E-state index in [-0.39, 0.29) is 10.8 Å². The van der Waals surface area contributed by atoms with Crippen LogP contribution in [-0.4, -0.2) is 0 Å². The molecule has 0 fully saturated rings. The van der Waals surface area contributed by atoms with Gasteiger partial charge in [-0.2, -0.15) is 0 Å². The Morgan fingerprint density at radius 3 is 1.08 bits per heavy atom. The maximum absolute atomic E-state index is 2.55. The summed E-state index contributed by atoms with van der Waals surface area (Å²) in [5, 5.41) is 10.1. The molecule has 0 aliphatic rings. The fourth-order valence-electron chi connectivity index (χ4n) is 9.45. The zero-order valence-electron chi connectivity index (χ0n) is 35.5. The number of benzene rings is 10. The van der Waals surface area contributed by atoms with Crippen molar-refractivity contribution >= 4 is 43.1 Å². The molecule has 0 aliphatic carbocycles. The summed E-state index contributed by atoms with van der Waals surface area (Å²) in [5.74, 6) is 0. The van der Waals surface area contributed by atoms with E-state index in [0.717, 1.165) is 0 Å². The van der Waals surface area contributed by atoms with Crippen molar-refractivity contribution in [3.63, 3.8) is 0 Å². The van der Waals surface area contributed by atoms with E-state index in [0.29, 0.717) is 0 Å². The molecule has 0 amide bonds. The molecule has 10 rings (SSSR count). The third-order valence-corrected chi connectivity index (χ3v) is 12.5. The lowest BCUT2D eigenvalue weighted by atomic mass is 9.79. The lowest BCUT2D eigenvalue weighted by Gasteiger charge is -2.24. The molecule has 0 atom stereocenters. The van der Waals surface area contributed by atoms with Crippen LogP contribution in [0.25, 0.3) is 98.7 Å². The average Bonchev–Trinajstić information content (AvgIpc) is 3.27. The van der Waals surface area contributed by atoms with Crippen LogP contribution in [0.5, 0.6) is 0 Å². The molecule has 0 spiro atoms.